The molecule has 5 N–H and O–H groups in total. The van der Waals surface area contributed by atoms with E-state index < -0.39 is 30.1 Å². The normalized spacial score (nSPS) is 11.3. The molecule has 0 bridgehead atoms. The van der Waals surface area contributed by atoms with E-state index in [-0.39, 0.29) is 18.9 Å². The van der Waals surface area contributed by atoms with E-state index >= 15 is 0 Å². The van der Waals surface area contributed by atoms with E-state index in [4.69, 9.17) is 20.4 Å². The van der Waals surface area contributed by atoms with Crippen molar-refractivity contribution >= 4 is 29.4 Å². The lowest BCUT2D eigenvalue weighted by Gasteiger charge is -2.17. The predicted octanol–water partition coefficient (Wildman–Crippen LogP) is 1.87. The second-order valence-electron chi connectivity index (χ2n) is 6.44. The van der Waals surface area contributed by atoms with Crippen molar-refractivity contribution in [2.24, 2.45) is 5.73 Å². The lowest BCUT2D eigenvalue weighted by Crippen LogP contribution is -2.46. The molecule has 0 aliphatic carbocycles. The number of hydrogen-bond donors (Lipinski definition) is 4. The van der Waals surface area contributed by atoms with Crippen molar-refractivity contribution in [1.82, 2.24) is 5.32 Å². The number of anilines is 1. The zero-order valence-electron chi connectivity index (χ0n) is 17.4. The molecule has 0 saturated heterocycles. The largest absolute Gasteiger partial charge is 0.490 e. The van der Waals surface area contributed by atoms with Crippen molar-refractivity contribution in [3.05, 3.63) is 60.2 Å². The summed E-state index contributed by atoms with van der Waals surface area (Å²) in [5.41, 5.74) is 6.80. The van der Waals surface area contributed by atoms with Crippen LogP contribution in [0.2, 0.25) is 0 Å². The molecule has 12 heteroatoms. The smallest absolute Gasteiger partial charge is 0.475 e. The predicted molar refractivity (Wildman–Crippen MR) is 111 cm³/mol. The van der Waals surface area contributed by atoms with E-state index in [1.807, 2.05) is 30.3 Å². The van der Waals surface area contributed by atoms with Crippen molar-refractivity contribution in [2.75, 3.05) is 11.9 Å². The number of ether oxygens (including phenoxy) is 1. The van der Waals surface area contributed by atoms with Crippen molar-refractivity contribution in [1.29, 1.82) is 0 Å². The Bertz CT molecular complexity index is 950. The molecule has 178 valence electrons. The highest BCUT2D eigenvalue weighted by molar-refractivity contribution is 5.89. The topological polar surface area (TPSA) is 148 Å². The number of nitrogens with one attached hydrogen (secondary N) is 2. The first-order valence-electron chi connectivity index (χ1n) is 9.35. The zero-order chi connectivity index (χ0) is 25.0. The summed E-state index contributed by atoms with van der Waals surface area (Å²) in [7, 11) is 0. The first kappa shape index (κ1) is 27.1. The monoisotopic (exact) mass is 469 g/mol. The van der Waals surface area contributed by atoms with Crippen molar-refractivity contribution in [3.63, 3.8) is 0 Å². The Balaban J connectivity index is 0.000000675. The molecule has 2 amide bonds. The van der Waals surface area contributed by atoms with Gasteiger partial charge in [-0.15, -0.1) is 0 Å². The fraction of sp³-hybridized carbons (Fsp3) is 0.238. The molecule has 0 unspecified atom stereocenters. The Morgan fingerprint density at radius 2 is 1.58 bits per heavy atom. The number of hydrogen-bond acceptors (Lipinski definition) is 6. The number of esters is 1. The molecule has 9 nitrogen and oxygen atoms in total. The summed E-state index contributed by atoms with van der Waals surface area (Å²) >= 11 is 0. The van der Waals surface area contributed by atoms with Gasteiger partial charge in [0, 0.05) is 19.0 Å². The molecule has 0 aliphatic heterocycles. The number of carbonyl (C=O) groups excluding carboxylic acids is 3. The number of carboxylic acids is 1. The van der Waals surface area contributed by atoms with Crippen molar-refractivity contribution in [3.8, 4) is 5.75 Å². The Morgan fingerprint density at radius 1 is 1.03 bits per heavy atom. The van der Waals surface area contributed by atoms with Gasteiger partial charge in [0.1, 0.15) is 11.8 Å². The summed E-state index contributed by atoms with van der Waals surface area (Å²) in [6, 6.07) is 14.8. The van der Waals surface area contributed by atoms with Crippen LogP contribution in [0.25, 0.3) is 0 Å². The van der Waals surface area contributed by atoms with Gasteiger partial charge in [-0.2, -0.15) is 13.2 Å². The van der Waals surface area contributed by atoms with Gasteiger partial charge in [-0.05, 0) is 29.8 Å². The molecule has 2 rings (SSSR count). The molecule has 0 heterocycles. The maximum Gasteiger partial charge on any atom is 0.490 e. The second kappa shape index (κ2) is 12.8. The lowest BCUT2D eigenvalue weighted by atomic mass is 10.1. The molecular weight excluding hydrogens is 447 g/mol. The maximum absolute atomic E-state index is 12.5. The summed E-state index contributed by atoms with van der Waals surface area (Å²) < 4.78 is 37.1. The highest BCUT2D eigenvalue weighted by Gasteiger charge is 2.38. The minimum absolute atomic E-state index is 0.192. The fourth-order valence-corrected chi connectivity index (χ4v) is 2.29. The molecule has 0 spiro atoms. The van der Waals surface area contributed by atoms with Crippen LogP contribution < -0.4 is 21.1 Å². The Kier molecular flexibility index (Phi) is 10.5. The Morgan fingerprint density at radius 3 is 2.03 bits per heavy atom. The van der Waals surface area contributed by atoms with E-state index in [0.717, 1.165) is 5.56 Å². The van der Waals surface area contributed by atoms with Gasteiger partial charge < -0.3 is 26.2 Å². The third-order valence-corrected chi connectivity index (χ3v) is 3.72. The number of carboxylic acid groups (broad SMARTS) is 1. The highest BCUT2D eigenvalue weighted by atomic mass is 19.4. The van der Waals surface area contributed by atoms with Gasteiger partial charge in [0.05, 0.1) is 6.54 Å². The Labute approximate surface area is 186 Å². The number of benzene rings is 2. The molecule has 0 aromatic heterocycles. The number of halogens is 3. The van der Waals surface area contributed by atoms with E-state index in [2.05, 4.69) is 10.6 Å². The van der Waals surface area contributed by atoms with Gasteiger partial charge in [0.15, 0.2) is 0 Å². The highest BCUT2D eigenvalue weighted by Crippen LogP contribution is 2.17. The van der Waals surface area contributed by atoms with Crippen LogP contribution in [-0.2, 0) is 25.6 Å². The van der Waals surface area contributed by atoms with Crippen LogP contribution in [-0.4, -0.2) is 47.6 Å². The summed E-state index contributed by atoms with van der Waals surface area (Å²) in [4.78, 5) is 44.0. The van der Waals surface area contributed by atoms with Gasteiger partial charge in [0.2, 0.25) is 11.8 Å². The van der Waals surface area contributed by atoms with Gasteiger partial charge in [-0.1, -0.05) is 30.3 Å². The van der Waals surface area contributed by atoms with Gasteiger partial charge in [-0.25, -0.2) is 9.59 Å². The average Bonchev–Trinajstić information content (AvgIpc) is 2.74. The summed E-state index contributed by atoms with van der Waals surface area (Å²) in [5.74, 6) is -3.68. The van der Waals surface area contributed by atoms with E-state index in [0.29, 0.717) is 11.4 Å². The van der Waals surface area contributed by atoms with Gasteiger partial charge >= 0.3 is 18.1 Å². The molecular formula is C21H22F3N3O6. The molecule has 33 heavy (non-hydrogen) atoms. The SMILES string of the molecule is CC(=O)Nc1ccc(OC(=O)[C@H](Cc2ccccc2)NC(=O)CN)cc1.O=C(O)C(F)(F)F. The first-order valence-corrected chi connectivity index (χ1v) is 9.35. The molecule has 1 atom stereocenters. The molecule has 0 saturated carbocycles. The van der Waals surface area contributed by atoms with Crippen LogP contribution in [0.3, 0.4) is 0 Å². The number of aliphatic carboxylic acids is 1. The average molecular weight is 469 g/mol. The zero-order valence-corrected chi connectivity index (χ0v) is 17.4. The summed E-state index contributed by atoms with van der Waals surface area (Å²) in [6.07, 6.45) is -4.80. The first-order chi connectivity index (χ1) is 15.4. The summed E-state index contributed by atoms with van der Waals surface area (Å²) in [5, 5.41) is 12.3. The summed E-state index contributed by atoms with van der Waals surface area (Å²) in [6.45, 7) is 1.19. The molecule has 0 fully saturated rings. The molecule has 0 radical (unpaired) electrons. The van der Waals surface area contributed by atoms with E-state index in [1.54, 1.807) is 24.3 Å². The lowest BCUT2D eigenvalue weighted by molar-refractivity contribution is -0.192. The third-order valence-electron chi connectivity index (χ3n) is 3.72. The quantitative estimate of drug-likeness (QED) is 0.357. The second-order valence-corrected chi connectivity index (χ2v) is 6.44. The maximum atomic E-state index is 12.5. The van der Waals surface area contributed by atoms with Crippen LogP contribution in [0.1, 0.15) is 12.5 Å². The van der Waals surface area contributed by atoms with Crippen LogP contribution in [0.5, 0.6) is 5.75 Å². The van der Waals surface area contributed by atoms with Crippen LogP contribution >= 0.6 is 0 Å². The molecule has 2 aromatic rings. The van der Waals surface area contributed by atoms with Crippen molar-refractivity contribution in [2.45, 2.75) is 25.6 Å². The third kappa shape index (κ3) is 10.8. The standard InChI is InChI=1S/C19H21N3O4.C2HF3O2/c1-13(23)21-15-7-9-16(10-8-15)26-19(25)17(22-18(24)12-20)11-14-5-3-2-4-6-14;3-2(4,5)1(6)7/h2-10,17H,11-12,20H2,1H3,(H,21,23)(H,22,24);(H,6,7)/t17-;/m0./s1. The minimum atomic E-state index is -5.08. The fourth-order valence-electron chi connectivity index (χ4n) is 2.29. The number of rotatable bonds is 7. The molecule has 0 aliphatic rings. The van der Waals surface area contributed by atoms with Crippen LogP contribution in [0.15, 0.2) is 54.6 Å². The number of amides is 2. The number of carbonyl (C=O) groups is 4. The van der Waals surface area contributed by atoms with Crippen LogP contribution in [0, 0.1) is 0 Å². The van der Waals surface area contributed by atoms with Gasteiger partial charge in [-0.3, -0.25) is 9.59 Å². The number of alkyl halides is 3. The number of nitrogens with two attached hydrogens (primary N) is 1. The minimum Gasteiger partial charge on any atom is -0.475 e. The van der Waals surface area contributed by atoms with E-state index in [9.17, 15) is 27.6 Å². The molecule has 2 aromatic carbocycles. The van der Waals surface area contributed by atoms with Crippen molar-refractivity contribution < 1.29 is 42.2 Å². The van der Waals surface area contributed by atoms with E-state index in [1.165, 1.54) is 6.92 Å². The van der Waals surface area contributed by atoms with Gasteiger partial charge in [0.25, 0.3) is 0 Å². The Hall–Kier alpha value is -3.93. The van der Waals surface area contributed by atoms with Crippen LogP contribution in [0.4, 0.5) is 18.9 Å².